The van der Waals surface area contributed by atoms with Gasteiger partial charge in [0.2, 0.25) is 11.9 Å². The Morgan fingerprint density at radius 3 is 2.77 bits per heavy atom. The van der Waals surface area contributed by atoms with E-state index < -0.39 is 0 Å². The molecule has 2 atom stereocenters. The van der Waals surface area contributed by atoms with E-state index in [1.54, 1.807) is 0 Å². The quantitative estimate of drug-likeness (QED) is 0.661. The molecule has 1 saturated heterocycles. The van der Waals surface area contributed by atoms with Gasteiger partial charge in [-0.3, -0.25) is 20.6 Å². The number of H-pyrrole nitrogens is 1. The number of hydrogen-bond donors (Lipinski definition) is 4. The van der Waals surface area contributed by atoms with Crippen molar-refractivity contribution < 1.29 is 4.79 Å². The third kappa shape index (κ3) is 3.94. The number of amides is 1. The van der Waals surface area contributed by atoms with E-state index in [0.717, 1.165) is 17.8 Å². The van der Waals surface area contributed by atoms with Crippen molar-refractivity contribution in [1.82, 2.24) is 26.0 Å². The van der Waals surface area contributed by atoms with Crippen molar-refractivity contribution in [1.29, 1.82) is 0 Å². The monoisotopic (exact) mass is 354 g/mol. The van der Waals surface area contributed by atoms with Gasteiger partial charge in [-0.1, -0.05) is 62.4 Å². The molecule has 2 fully saturated rings. The fourth-order valence-corrected chi connectivity index (χ4v) is 4.03. The van der Waals surface area contributed by atoms with Crippen LogP contribution in [0.15, 0.2) is 30.3 Å². The van der Waals surface area contributed by atoms with E-state index in [0.29, 0.717) is 18.4 Å². The molecule has 2 unspecified atom stereocenters. The lowest BCUT2D eigenvalue weighted by atomic mass is 9.87. The topological polar surface area (TPSA) is 94.7 Å². The van der Waals surface area contributed by atoms with E-state index in [1.165, 1.54) is 32.1 Å². The number of carbonyl (C=O) groups excluding carboxylic acids is 1. The highest BCUT2D eigenvalue weighted by Gasteiger charge is 2.34. The highest BCUT2D eigenvalue weighted by molar-refractivity contribution is 5.92. The Hall–Kier alpha value is -2.25. The van der Waals surface area contributed by atoms with Crippen LogP contribution in [0.3, 0.4) is 0 Å². The van der Waals surface area contributed by atoms with Crippen LogP contribution in [-0.2, 0) is 11.2 Å². The molecule has 1 saturated carbocycles. The third-order valence-corrected chi connectivity index (χ3v) is 5.45. The van der Waals surface area contributed by atoms with Crippen LogP contribution in [0.25, 0.3) is 0 Å². The van der Waals surface area contributed by atoms with Gasteiger partial charge in [0.1, 0.15) is 5.82 Å². The summed E-state index contributed by atoms with van der Waals surface area (Å²) in [5, 5.41) is 10.0. The maximum atomic E-state index is 12.7. The average molecular weight is 354 g/mol. The predicted molar refractivity (Wildman–Crippen MR) is 99.1 cm³/mol. The summed E-state index contributed by atoms with van der Waals surface area (Å²) in [4.78, 5) is 17.2. The Morgan fingerprint density at radius 2 is 1.96 bits per heavy atom. The van der Waals surface area contributed by atoms with Gasteiger partial charge >= 0.3 is 0 Å². The lowest BCUT2D eigenvalue weighted by Crippen LogP contribution is -2.30. The number of carbonyl (C=O) groups is 1. The number of hydrogen-bond acceptors (Lipinski definition) is 5. The zero-order valence-corrected chi connectivity index (χ0v) is 14.9. The Bertz CT molecular complexity index is 725. The minimum absolute atomic E-state index is 0.0585. The van der Waals surface area contributed by atoms with Crippen LogP contribution in [0.1, 0.15) is 49.5 Å². The molecule has 2 heterocycles. The van der Waals surface area contributed by atoms with Gasteiger partial charge in [-0.05, 0) is 11.5 Å². The summed E-state index contributed by atoms with van der Waals surface area (Å²) in [6, 6.07) is 9.94. The molecule has 4 rings (SSSR count). The number of benzene rings is 1. The number of anilines is 1. The van der Waals surface area contributed by atoms with Crippen LogP contribution in [0.5, 0.6) is 0 Å². The van der Waals surface area contributed by atoms with Crippen LogP contribution < -0.4 is 16.2 Å². The summed E-state index contributed by atoms with van der Waals surface area (Å²) in [7, 11) is 0. The van der Waals surface area contributed by atoms with Crippen LogP contribution in [-0.4, -0.2) is 27.6 Å². The molecule has 1 aromatic carbocycles. The fourth-order valence-electron chi connectivity index (χ4n) is 4.03. The number of hydrazine groups is 1. The van der Waals surface area contributed by atoms with Crippen LogP contribution >= 0.6 is 0 Å². The van der Waals surface area contributed by atoms with E-state index in [-0.39, 0.29) is 17.9 Å². The molecule has 7 nitrogen and oxygen atoms in total. The predicted octanol–water partition coefficient (Wildman–Crippen LogP) is 2.33. The van der Waals surface area contributed by atoms with Crippen molar-refractivity contribution in [2.45, 2.75) is 44.6 Å². The van der Waals surface area contributed by atoms with Crippen molar-refractivity contribution in [2.24, 2.45) is 11.8 Å². The smallest absolute Gasteiger partial charge is 0.248 e. The third-order valence-electron chi connectivity index (χ3n) is 5.45. The zero-order valence-electron chi connectivity index (χ0n) is 14.9. The van der Waals surface area contributed by atoms with Gasteiger partial charge in [0, 0.05) is 13.0 Å². The molecule has 138 valence electrons. The second-order valence-corrected chi connectivity index (χ2v) is 7.32. The van der Waals surface area contributed by atoms with Gasteiger partial charge in [0.05, 0.1) is 12.0 Å². The number of nitrogens with one attached hydrogen (secondary N) is 4. The summed E-state index contributed by atoms with van der Waals surface area (Å²) in [6.45, 7) is 0.574. The van der Waals surface area contributed by atoms with Crippen LogP contribution in [0, 0.1) is 11.8 Å². The highest BCUT2D eigenvalue weighted by atomic mass is 16.2. The molecule has 0 radical (unpaired) electrons. The SMILES string of the molecule is O=C(Nc1n[nH]c(CC2CCCCC2)n1)C1CNNC1c1ccccc1. The standard InChI is InChI=1S/C19H26N6O/c26-18(15-12-20-24-17(15)14-9-5-2-6-10-14)22-19-21-16(23-25-19)11-13-7-3-1-4-8-13/h2,5-6,9-10,13,15,17,20,24H,1,3-4,7-8,11-12H2,(H2,21,22,23,25,26). The molecular weight excluding hydrogens is 328 g/mol. The molecule has 26 heavy (non-hydrogen) atoms. The molecule has 0 spiro atoms. The van der Waals surface area contributed by atoms with E-state index >= 15 is 0 Å². The van der Waals surface area contributed by atoms with Gasteiger partial charge in [0.25, 0.3) is 0 Å². The van der Waals surface area contributed by atoms with Crippen molar-refractivity contribution in [2.75, 3.05) is 11.9 Å². The number of aromatic nitrogens is 3. The first-order valence-corrected chi connectivity index (χ1v) is 9.55. The van der Waals surface area contributed by atoms with Crippen molar-refractivity contribution in [3.63, 3.8) is 0 Å². The molecule has 1 aliphatic heterocycles. The number of nitrogens with zero attached hydrogens (tertiary/aromatic N) is 2. The molecular formula is C19H26N6O. The molecule has 1 amide bonds. The molecule has 1 aromatic heterocycles. The lowest BCUT2D eigenvalue weighted by molar-refractivity contribution is -0.119. The lowest BCUT2D eigenvalue weighted by Gasteiger charge is -2.19. The minimum atomic E-state index is -0.210. The van der Waals surface area contributed by atoms with Crippen LogP contribution in [0.4, 0.5) is 5.95 Å². The van der Waals surface area contributed by atoms with E-state index in [1.807, 2.05) is 30.3 Å². The first kappa shape index (κ1) is 17.2. The molecule has 7 heteroatoms. The molecule has 4 N–H and O–H groups in total. The van der Waals surface area contributed by atoms with Crippen molar-refractivity contribution in [3.05, 3.63) is 41.7 Å². The second kappa shape index (κ2) is 7.97. The molecule has 0 bridgehead atoms. The molecule has 2 aromatic rings. The van der Waals surface area contributed by atoms with Gasteiger partial charge in [-0.2, -0.15) is 4.98 Å². The first-order valence-electron chi connectivity index (χ1n) is 9.55. The minimum Gasteiger partial charge on any atom is -0.293 e. The van der Waals surface area contributed by atoms with E-state index in [4.69, 9.17) is 0 Å². The summed E-state index contributed by atoms with van der Waals surface area (Å²) in [5.74, 6) is 1.65. The second-order valence-electron chi connectivity index (χ2n) is 7.32. The average Bonchev–Trinajstić information content (AvgIpc) is 3.33. The van der Waals surface area contributed by atoms with Gasteiger partial charge in [-0.15, -0.1) is 5.10 Å². The Kier molecular flexibility index (Phi) is 5.26. The normalized spacial score (nSPS) is 23.8. The van der Waals surface area contributed by atoms with Gasteiger partial charge < -0.3 is 0 Å². The fraction of sp³-hybridized carbons (Fsp3) is 0.526. The zero-order chi connectivity index (χ0) is 17.8. The summed E-state index contributed by atoms with van der Waals surface area (Å²) >= 11 is 0. The summed E-state index contributed by atoms with van der Waals surface area (Å²) < 4.78 is 0. The summed E-state index contributed by atoms with van der Waals surface area (Å²) in [5.41, 5.74) is 7.37. The molecule has 2 aliphatic rings. The number of rotatable bonds is 5. The van der Waals surface area contributed by atoms with Gasteiger partial charge in [-0.25, -0.2) is 5.43 Å². The Morgan fingerprint density at radius 1 is 1.15 bits per heavy atom. The van der Waals surface area contributed by atoms with E-state index in [2.05, 4.69) is 31.3 Å². The molecule has 1 aliphatic carbocycles. The first-order chi connectivity index (χ1) is 12.8. The number of aromatic amines is 1. The van der Waals surface area contributed by atoms with Gasteiger partial charge in [0.15, 0.2) is 0 Å². The van der Waals surface area contributed by atoms with Crippen LogP contribution in [0.2, 0.25) is 0 Å². The summed E-state index contributed by atoms with van der Waals surface area (Å²) in [6.07, 6.45) is 7.42. The highest BCUT2D eigenvalue weighted by Crippen LogP contribution is 2.27. The largest absolute Gasteiger partial charge is 0.293 e. The van der Waals surface area contributed by atoms with E-state index in [9.17, 15) is 4.79 Å². The Labute approximate surface area is 153 Å². The maximum absolute atomic E-state index is 12.7. The van der Waals surface area contributed by atoms with Crippen molar-refractivity contribution in [3.8, 4) is 0 Å². The van der Waals surface area contributed by atoms with Crippen molar-refractivity contribution >= 4 is 11.9 Å². The Balaban J connectivity index is 1.37. The maximum Gasteiger partial charge on any atom is 0.248 e.